The number of benzene rings is 2. The number of nitrogens with zero attached hydrogens (tertiary/aromatic N) is 4. The molecule has 0 spiro atoms. The Morgan fingerprint density at radius 1 is 1.06 bits per heavy atom. The molecule has 0 saturated carbocycles. The molecule has 1 saturated heterocycles. The Morgan fingerprint density at radius 3 is 2.50 bits per heavy atom. The van der Waals surface area contributed by atoms with Gasteiger partial charge in [-0.15, -0.1) is 10.2 Å². The molecule has 6 nitrogen and oxygen atoms in total. The number of anilines is 1. The highest BCUT2D eigenvalue weighted by Gasteiger charge is 2.23. The fourth-order valence-corrected chi connectivity index (χ4v) is 4.54. The van der Waals surface area contributed by atoms with Crippen LogP contribution in [0.3, 0.4) is 0 Å². The monoisotopic (exact) mass is 457 g/mol. The smallest absolute Gasteiger partial charge is 0.237 e. The van der Waals surface area contributed by atoms with Crippen LogP contribution in [-0.2, 0) is 11.3 Å². The quantitative estimate of drug-likeness (QED) is 0.523. The largest absolute Gasteiger partial charge is 0.323 e. The van der Waals surface area contributed by atoms with Crippen LogP contribution in [0.2, 0.25) is 0 Å². The lowest BCUT2D eigenvalue weighted by atomic mass is 10.1. The van der Waals surface area contributed by atoms with Crippen LogP contribution >= 0.6 is 11.8 Å². The van der Waals surface area contributed by atoms with Crippen LogP contribution in [0.15, 0.2) is 53.7 Å². The van der Waals surface area contributed by atoms with Gasteiger partial charge in [-0.25, -0.2) is 8.78 Å². The van der Waals surface area contributed by atoms with Gasteiger partial charge in [0.15, 0.2) is 11.0 Å². The fourth-order valence-electron chi connectivity index (χ4n) is 3.65. The van der Waals surface area contributed by atoms with Crippen LogP contribution in [0.1, 0.15) is 32.0 Å². The molecule has 2 heterocycles. The van der Waals surface area contributed by atoms with Crippen molar-refractivity contribution < 1.29 is 13.6 Å². The van der Waals surface area contributed by atoms with Crippen molar-refractivity contribution in [1.82, 2.24) is 19.7 Å². The number of hydrogen-bond donors (Lipinski definition) is 1. The van der Waals surface area contributed by atoms with Gasteiger partial charge in [0, 0.05) is 5.69 Å². The van der Waals surface area contributed by atoms with Crippen molar-refractivity contribution in [3.05, 3.63) is 66.0 Å². The molecular weight excluding hydrogens is 432 g/mol. The number of thioether (sulfide) groups is 1. The van der Waals surface area contributed by atoms with Crippen molar-refractivity contribution in [1.29, 1.82) is 0 Å². The van der Waals surface area contributed by atoms with Crippen molar-refractivity contribution >= 4 is 23.4 Å². The molecule has 2 aromatic carbocycles. The highest BCUT2D eigenvalue weighted by Crippen LogP contribution is 2.28. The van der Waals surface area contributed by atoms with Gasteiger partial charge in [-0.05, 0) is 69.3 Å². The predicted molar refractivity (Wildman–Crippen MR) is 121 cm³/mol. The van der Waals surface area contributed by atoms with Crippen LogP contribution in [0, 0.1) is 11.6 Å². The SMILES string of the molecule is CC(Sc1nnc(CN2CCCCC2)n1-c1ccc(F)cc1)C(=O)Nc1ccccc1F. The zero-order valence-corrected chi connectivity index (χ0v) is 18.6. The van der Waals surface area contributed by atoms with E-state index in [0.717, 1.165) is 37.4 Å². The number of amides is 1. The van der Waals surface area contributed by atoms with E-state index in [9.17, 15) is 13.6 Å². The number of likely N-dealkylation sites (tertiary alicyclic amines) is 1. The van der Waals surface area contributed by atoms with E-state index >= 15 is 0 Å². The first-order valence-corrected chi connectivity index (χ1v) is 11.5. The average molecular weight is 458 g/mol. The molecule has 9 heteroatoms. The summed E-state index contributed by atoms with van der Waals surface area (Å²) >= 11 is 1.23. The molecule has 1 aromatic heterocycles. The van der Waals surface area contributed by atoms with Crippen LogP contribution in [-0.4, -0.2) is 43.9 Å². The van der Waals surface area contributed by atoms with E-state index in [1.54, 1.807) is 31.2 Å². The molecule has 1 fully saturated rings. The van der Waals surface area contributed by atoms with Crippen LogP contribution in [0.25, 0.3) is 5.69 Å². The van der Waals surface area contributed by atoms with Gasteiger partial charge in [0.1, 0.15) is 11.6 Å². The molecule has 32 heavy (non-hydrogen) atoms. The third-order valence-corrected chi connectivity index (χ3v) is 6.42. The van der Waals surface area contributed by atoms with Crippen LogP contribution in [0.5, 0.6) is 0 Å². The Balaban J connectivity index is 1.56. The first-order valence-electron chi connectivity index (χ1n) is 10.7. The van der Waals surface area contributed by atoms with E-state index in [4.69, 9.17) is 0 Å². The lowest BCUT2D eigenvalue weighted by molar-refractivity contribution is -0.115. The molecule has 1 atom stereocenters. The van der Waals surface area contributed by atoms with Gasteiger partial charge in [0.05, 0.1) is 17.5 Å². The summed E-state index contributed by atoms with van der Waals surface area (Å²) in [6, 6.07) is 12.2. The van der Waals surface area contributed by atoms with E-state index < -0.39 is 11.1 Å². The summed E-state index contributed by atoms with van der Waals surface area (Å²) in [5, 5.41) is 11.3. The maximum absolute atomic E-state index is 13.9. The van der Waals surface area contributed by atoms with E-state index in [2.05, 4.69) is 20.4 Å². The van der Waals surface area contributed by atoms with Gasteiger partial charge in [0.2, 0.25) is 5.91 Å². The van der Waals surface area contributed by atoms with E-state index in [-0.39, 0.29) is 17.4 Å². The third-order valence-electron chi connectivity index (χ3n) is 5.38. The average Bonchev–Trinajstić information content (AvgIpc) is 3.18. The second-order valence-electron chi connectivity index (χ2n) is 7.78. The topological polar surface area (TPSA) is 63.1 Å². The zero-order valence-electron chi connectivity index (χ0n) is 17.8. The number of carbonyl (C=O) groups excluding carboxylic acids is 1. The Bertz CT molecular complexity index is 1070. The molecule has 1 amide bonds. The highest BCUT2D eigenvalue weighted by atomic mass is 32.2. The molecule has 0 radical (unpaired) electrons. The summed E-state index contributed by atoms with van der Waals surface area (Å²) in [7, 11) is 0. The summed E-state index contributed by atoms with van der Waals surface area (Å²) in [4.78, 5) is 15.0. The number of nitrogens with one attached hydrogen (secondary N) is 1. The summed E-state index contributed by atoms with van der Waals surface area (Å²) in [6.45, 7) is 4.36. The molecule has 3 aromatic rings. The van der Waals surface area contributed by atoms with Crippen LogP contribution < -0.4 is 5.32 Å². The predicted octanol–water partition coefficient (Wildman–Crippen LogP) is 4.65. The van der Waals surface area contributed by atoms with Crippen LogP contribution in [0.4, 0.5) is 14.5 Å². The summed E-state index contributed by atoms with van der Waals surface area (Å²) in [6.07, 6.45) is 3.54. The van der Waals surface area contributed by atoms with Crippen molar-refractivity contribution in [3.8, 4) is 5.69 Å². The standard InChI is InChI=1S/C23H25F2N5OS/c1-16(22(31)26-20-8-4-3-7-19(20)25)32-23-28-27-21(15-29-13-5-2-6-14-29)30(23)18-11-9-17(24)10-12-18/h3-4,7-12,16H,2,5-6,13-15H2,1H3,(H,26,31). The number of halogens is 2. The van der Waals surface area contributed by atoms with Crippen molar-refractivity contribution in [2.75, 3.05) is 18.4 Å². The second-order valence-corrected chi connectivity index (χ2v) is 9.08. The third kappa shape index (κ3) is 5.34. The molecule has 0 aliphatic carbocycles. The van der Waals surface area contributed by atoms with Gasteiger partial charge < -0.3 is 5.32 Å². The van der Waals surface area contributed by atoms with Crippen molar-refractivity contribution in [2.24, 2.45) is 0 Å². The van der Waals surface area contributed by atoms with E-state index in [1.807, 2.05) is 4.57 Å². The summed E-state index contributed by atoms with van der Waals surface area (Å²) in [5.74, 6) is -0.420. The molecule has 0 bridgehead atoms. The summed E-state index contributed by atoms with van der Waals surface area (Å²) in [5.41, 5.74) is 0.864. The van der Waals surface area contributed by atoms with Gasteiger partial charge in [0.25, 0.3) is 0 Å². The van der Waals surface area contributed by atoms with Gasteiger partial charge >= 0.3 is 0 Å². The number of para-hydroxylation sites is 1. The Morgan fingerprint density at radius 2 is 1.78 bits per heavy atom. The number of hydrogen-bond acceptors (Lipinski definition) is 5. The van der Waals surface area contributed by atoms with Gasteiger partial charge in [-0.2, -0.15) is 0 Å². The highest BCUT2D eigenvalue weighted by molar-refractivity contribution is 8.00. The minimum absolute atomic E-state index is 0.135. The lowest BCUT2D eigenvalue weighted by Crippen LogP contribution is -2.30. The Hall–Kier alpha value is -2.78. The van der Waals surface area contributed by atoms with Gasteiger partial charge in [-0.3, -0.25) is 14.3 Å². The minimum Gasteiger partial charge on any atom is -0.323 e. The number of piperidine rings is 1. The van der Waals surface area contributed by atoms with E-state index in [0.29, 0.717) is 11.7 Å². The minimum atomic E-state index is -0.555. The number of aromatic nitrogens is 3. The molecular formula is C23H25F2N5OS. The molecule has 1 unspecified atom stereocenters. The second kappa shape index (κ2) is 10.2. The maximum atomic E-state index is 13.9. The lowest BCUT2D eigenvalue weighted by Gasteiger charge is -2.26. The normalized spacial score (nSPS) is 15.5. The molecule has 1 aliphatic heterocycles. The molecule has 1 aliphatic rings. The Labute approximate surface area is 190 Å². The Kier molecular flexibility index (Phi) is 7.16. The fraction of sp³-hybridized carbons (Fsp3) is 0.348. The number of carbonyl (C=O) groups is 1. The first kappa shape index (κ1) is 22.4. The molecule has 1 N–H and O–H groups in total. The first-order chi connectivity index (χ1) is 15.5. The molecule has 4 rings (SSSR count). The van der Waals surface area contributed by atoms with Crippen molar-refractivity contribution in [3.63, 3.8) is 0 Å². The molecule has 168 valence electrons. The number of rotatable bonds is 7. The summed E-state index contributed by atoms with van der Waals surface area (Å²) < 4.78 is 29.3. The zero-order chi connectivity index (χ0) is 22.5. The maximum Gasteiger partial charge on any atom is 0.237 e. The van der Waals surface area contributed by atoms with Gasteiger partial charge in [-0.1, -0.05) is 30.3 Å². The van der Waals surface area contributed by atoms with E-state index in [1.165, 1.54) is 42.4 Å². The van der Waals surface area contributed by atoms with Crippen molar-refractivity contribution in [2.45, 2.75) is 43.1 Å².